The molecule has 0 saturated carbocycles. The minimum absolute atomic E-state index is 0.209. The smallest absolute Gasteiger partial charge is 0.262 e. The van der Waals surface area contributed by atoms with Crippen LogP contribution in [0.2, 0.25) is 0 Å². The molecule has 3 amide bonds. The lowest BCUT2D eigenvalue weighted by atomic mass is 10.00. The van der Waals surface area contributed by atoms with Gasteiger partial charge in [0.15, 0.2) is 0 Å². The van der Waals surface area contributed by atoms with E-state index in [2.05, 4.69) is 5.32 Å². The number of carbonyl (C=O) groups excluding carboxylic acids is 3. The third kappa shape index (κ3) is 3.62. The summed E-state index contributed by atoms with van der Waals surface area (Å²) >= 11 is 1.58. The number of carbonyl (C=O) groups is 3. The first-order valence-corrected chi connectivity index (χ1v) is 11.0. The van der Waals surface area contributed by atoms with Gasteiger partial charge < -0.3 is 10.1 Å². The van der Waals surface area contributed by atoms with Crippen LogP contribution in [0.5, 0.6) is 5.75 Å². The molecule has 2 aromatic carbocycles. The Morgan fingerprint density at radius 2 is 1.79 bits per heavy atom. The number of benzene rings is 2. The van der Waals surface area contributed by atoms with E-state index in [0.717, 1.165) is 16.2 Å². The molecule has 0 saturated heterocycles. The third-order valence-corrected chi connectivity index (χ3v) is 5.95. The second kappa shape index (κ2) is 8.29. The topological polar surface area (TPSA) is 75.7 Å². The van der Waals surface area contributed by atoms with Gasteiger partial charge >= 0.3 is 0 Å². The minimum atomic E-state index is -0.843. The Kier molecular flexibility index (Phi) is 5.58. The summed E-state index contributed by atoms with van der Waals surface area (Å²) in [6.07, 6.45) is 2.98. The first kappa shape index (κ1) is 19.5. The summed E-state index contributed by atoms with van der Waals surface area (Å²) in [4.78, 5) is 40.2. The first-order valence-electron chi connectivity index (χ1n) is 9.59. The van der Waals surface area contributed by atoms with Crippen molar-refractivity contribution in [2.45, 2.75) is 24.9 Å². The van der Waals surface area contributed by atoms with Gasteiger partial charge in [-0.05, 0) is 36.6 Å². The molecule has 2 atom stereocenters. The van der Waals surface area contributed by atoms with Gasteiger partial charge in [0.1, 0.15) is 11.8 Å². The van der Waals surface area contributed by atoms with Crippen LogP contribution < -0.4 is 10.1 Å². The molecule has 2 heterocycles. The zero-order valence-electron chi connectivity index (χ0n) is 16.1. The molecule has 0 fully saturated rings. The van der Waals surface area contributed by atoms with Crippen LogP contribution in [0.1, 0.15) is 45.2 Å². The minimum Gasteiger partial charge on any atom is -0.493 e. The van der Waals surface area contributed by atoms with Gasteiger partial charge in [-0.25, -0.2) is 0 Å². The molecular weight excluding hydrogens is 388 g/mol. The van der Waals surface area contributed by atoms with E-state index < -0.39 is 17.9 Å². The Hall–Kier alpha value is -2.80. The molecule has 4 rings (SSSR count). The van der Waals surface area contributed by atoms with Crippen molar-refractivity contribution in [2.75, 3.05) is 18.6 Å². The maximum Gasteiger partial charge on any atom is 0.262 e. The fourth-order valence-electron chi connectivity index (χ4n) is 3.86. The van der Waals surface area contributed by atoms with Crippen LogP contribution in [-0.4, -0.2) is 47.3 Å². The number of hydrogen-bond donors (Lipinski definition) is 1. The van der Waals surface area contributed by atoms with E-state index in [4.69, 9.17) is 4.74 Å². The van der Waals surface area contributed by atoms with E-state index >= 15 is 0 Å². The van der Waals surface area contributed by atoms with Crippen LogP contribution in [0.4, 0.5) is 0 Å². The molecule has 29 heavy (non-hydrogen) atoms. The molecule has 7 heteroatoms. The number of fused-ring (bicyclic) bond motifs is 2. The SMILES string of the molecule is CSCC[C@@H](C(=O)N[C@@H]1CCOc2ccccc21)N1C(=O)c2ccccc2C1=O. The lowest BCUT2D eigenvalue weighted by Gasteiger charge is -2.30. The van der Waals surface area contributed by atoms with Crippen LogP contribution >= 0.6 is 11.8 Å². The molecule has 0 aromatic heterocycles. The number of nitrogens with zero attached hydrogens (tertiary/aromatic N) is 1. The molecule has 2 aliphatic heterocycles. The molecule has 0 unspecified atom stereocenters. The van der Waals surface area contributed by atoms with E-state index in [1.54, 1.807) is 36.0 Å². The lowest BCUT2D eigenvalue weighted by Crippen LogP contribution is -2.51. The van der Waals surface area contributed by atoms with E-state index in [9.17, 15) is 14.4 Å². The van der Waals surface area contributed by atoms with Gasteiger partial charge in [-0.1, -0.05) is 30.3 Å². The summed E-state index contributed by atoms with van der Waals surface area (Å²) in [7, 11) is 0. The van der Waals surface area contributed by atoms with Gasteiger partial charge in [0.2, 0.25) is 5.91 Å². The van der Waals surface area contributed by atoms with Gasteiger partial charge in [-0.2, -0.15) is 11.8 Å². The second-order valence-electron chi connectivity index (χ2n) is 7.06. The van der Waals surface area contributed by atoms with Crippen molar-refractivity contribution in [1.82, 2.24) is 10.2 Å². The average Bonchev–Trinajstić information content (AvgIpc) is 3.00. The molecule has 0 radical (unpaired) electrons. The predicted molar refractivity (Wildman–Crippen MR) is 111 cm³/mol. The van der Waals surface area contributed by atoms with Crippen molar-refractivity contribution >= 4 is 29.5 Å². The normalized spacial score (nSPS) is 18.7. The van der Waals surface area contributed by atoms with Crippen molar-refractivity contribution in [3.8, 4) is 5.75 Å². The Bertz CT molecular complexity index is 926. The summed E-state index contributed by atoms with van der Waals surface area (Å²) in [6.45, 7) is 0.504. The van der Waals surface area contributed by atoms with E-state index in [1.807, 2.05) is 30.5 Å². The number of para-hydroxylation sites is 1. The van der Waals surface area contributed by atoms with E-state index in [-0.39, 0.29) is 11.9 Å². The van der Waals surface area contributed by atoms with Crippen LogP contribution in [0, 0.1) is 0 Å². The van der Waals surface area contributed by atoms with Crippen LogP contribution in [0.15, 0.2) is 48.5 Å². The van der Waals surface area contributed by atoms with Gasteiger partial charge in [0, 0.05) is 12.0 Å². The molecule has 6 nitrogen and oxygen atoms in total. The zero-order chi connectivity index (χ0) is 20.4. The number of hydrogen-bond acceptors (Lipinski definition) is 5. The monoisotopic (exact) mass is 410 g/mol. The van der Waals surface area contributed by atoms with Gasteiger partial charge in [0.25, 0.3) is 11.8 Å². The summed E-state index contributed by atoms with van der Waals surface area (Å²) in [5.41, 5.74) is 1.63. The fraction of sp³-hybridized carbons (Fsp3) is 0.318. The number of ether oxygens (including phenoxy) is 1. The average molecular weight is 410 g/mol. The highest BCUT2D eigenvalue weighted by Gasteiger charge is 2.42. The Morgan fingerprint density at radius 3 is 2.48 bits per heavy atom. The van der Waals surface area contributed by atoms with Crippen LogP contribution in [0.25, 0.3) is 0 Å². The quantitative estimate of drug-likeness (QED) is 0.741. The van der Waals surface area contributed by atoms with Crippen molar-refractivity contribution in [3.05, 3.63) is 65.2 Å². The third-order valence-electron chi connectivity index (χ3n) is 5.31. The molecule has 1 N–H and O–H groups in total. The standard InChI is InChI=1S/C22H22N2O4S/c1-29-13-11-18(24-21(26)14-6-2-3-7-15(14)22(24)27)20(25)23-17-10-12-28-19-9-5-4-8-16(17)19/h2-9,17-18H,10-13H2,1H3,(H,23,25)/t17-,18+/m1/s1. The number of nitrogens with one attached hydrogen (secondary N) is 1. The molecule has 2 aliphatic rings. The maximum absolute atomic E-state index is 13.2. The molecule has 0 aliphatic carbocycles. The first-order chi connectivity index (χ1) is 14.1. The van der Waals surface area contributed by atoms with E-state index in [1.165, 1.54) is 0 Å². The molecule has 0 spiro atoms. The largest absolute Gasteiger partial charge is 0.493 e. The Balaban J connectivity index is 1.59. The fourth-order valence-corrected chi connectivity index (χ4v) is 4.32. The van der Waals surface area contributed by atoms with Crippen molar-refractivity contribution in [3.63, 3.8) is 0 Å². The Morgan fingerprint density at radius 1 is 1.14 bits per heavy atom. The number of thioether (sulfide) groups is 1. The second-order valence-corrected chi connectivity index (χ2v) is 8.04. The van der Waals surface area contributed by atoms with Crippen LogP contribution in [0.3, 0.4) is 0 Å². The summed E-state index contributed by atoms with van der Waals surface area (Å²) in [6, 6.07) is 13.3. The number of amides is 3. The predicted octanol–water partition coefficient (Wildman–Crippen LogP) is 3.04. The maximum atomic E-state index is 13.2. The highest BCUT2D eigenvalue weighted by atomic mass is 32.2. The summed E-state index contributed by atoms with van der Waals surface area (Å²) < 4.78 is 5.66. The van der Waals surface area contributed by atoms with Gasteiger partial charge in [-0.15, -0.1) is 0 Å². The Labute approximate surface area is 173 Å². The summed E-state index contributed by atoms with van der Waals surface area (Å²) in [5, 5.41) is 3.05. The molecule has 2 aromatic rings. The van der Waals surface area contributed by atoms with Crippen molar-refractivity contribution in [1.29, 1.82) is 0 Å². The van der Waals surface area contributed by atoms with Crippen LogP contribution in [-0.2, 0) is 4.79 Å². The van der Waals surface area contributed by atoms with Gasteiger partial charge in [-0.3, -0.25) is 19.3 Å². The zero-order valence-corrected chi connectivity index (χ0v) is 16.9. The highest BCUT2D eigenvalue weighted by Crippen LogP contribution is 2.32. The van der Waals surface area contributed by atoms with Crippen molar-refractivity contribution in [2.24, 2.45) is 0 Å². The molecule has 150 valence electrons. The molecule has 0 bridgehead atoms. The van der Waals surface area contributed by atoms with Gasteiger partial charge in [0.05, 0.1) is 23.8 Å². The summed E-state index contributed by atoms with van der Waals surface area (Å²) in [5.74, 6) is 0.301. The molecular formula is C22H22N2O4S. The lowest BCUT2D eigenvalue weighted by molar-refractivity contribution is -0.126. The van der Waals surface area contributed by atoms with E-state index in [0.29, 0.717) is 36.3 Å². The van der Waals surface area contributed by atoms with Crippen molar-refractivity contribution < 1.29 is 19.1 Å². The highest BCUT2D eigenvalue weighted by molar-refractivity contribution is 7.98. The number of rotatable bonds is 6. The number of imide groups is 1.